The van der Waals surface area contributed by atoms with Gasteiger partial charge in [-0.2, -0.15) is 0 Å². The molecular weight excluding hydrogens is 294 g/mol. The number of hydrogen-bond acceptors (Lipinski definition) is 5. The molecule has 0 aliphatic heterocycles. The van der Waals surface area contributed by atoms with Gasteiger partial charge in [-0.25, -0.2) is 4.98 Å². The summed E-state index contributed by atoms with van der Waals surface area (Å²) in [4.78, 5) is 16.7. The predicted molar refractivity (Wildman–Crippen MR) is 85.0 cm³/mol. The molecule has 7 heteroatoms. The molecule has 0 aliphatic carbocycles. The van der Waals surface area contributed by atoms with Gasteiger partial charge in [0.1, 0.15) is 11.8 Å². The number of aromatic nitrogens is 4. The molecule has 1 unspecified atom stereocenters. The maximum atomic E-state index is 12.5. The summed E-state index contributed by atoms with van der Waals surface area (Å²) in [6.45, 7) is 7.75. The zero-order chi connectivity index (χ0) is 16.6. The highest BCUT2D eigenvalue weighted by atomic mass is 16.3. The normalized spacial score (nSPS) is 12.7. The second-order valence-corrected chi connectivity index (χ2v) is 5.80. The molecule has 120 valence electrons. The molecule has 0 radical (unpaired) electrons. The van der Waals surface area contributed by atoms with Gasteiger partial charge in [-0.3, -0.25) is 4.79 Å². The zero-order valence-corrected chi connectivity index (χ0v) is 13.6. The molecule has 0 bridgehead atoms. The van der Waals surface area contributed by atoms with Crippen LogP contribution >= 0.6 is 0 Å². The van der Waals surface area contributed by atoms with Crippen molar-refractivity contribution >= 4 is 17.0 Å². The molecule has 23 heavy (non-hydrogen) atoms. The van der Waals surface area contributed by atoms with Crippen LogP contribution in [0.4, 0.5) is 0 Å². The number of oxazole rings is 1. The summed E-state index contributed by atoms with van der Waals surface area (Å²) in [6, 6.07) is 5.19. The van der Waals surface area contributed by atoms with Crippen molar-refractivity contribution in [2.45, 2.75) is 39.8 Å². The number of rotatable bonds is 4. The maximum Gasteiger partial charge on any atom is 0.251 e. The highest BCUT2D eigenvalue weighted by molar-refractivity contribution is 5.97. The fraction of sp³-hybridized carbons (Fsp3) is 0.375. The molecule has 7 nitrogen and oxygen atoms in total. The van der Waals surface area contributed by atoms with Crippen molar-refractivity contribution in [2.75, 3.05) is 0 Å². The number of aryl methyl sites for hydroxylation is 1. The van der Waals surface area contributed by atoms with Crippen LogP contribution in [0, 0.1) is 6.92 Å². The lowest BCUT2D eigenvalue weighted by molar-refractivity contribution is 0.0937. The standard InChI is InChI=1S/C16H19N5O2/c1-9(2)21-8-17-20-15(21)10(3)18-16(22)12-5-6-13-14(7-12)23-11(4)19-13/h5-10H,1-4H3,(H,18,22). The van der Waals surface area contributed by atoms with Gasteiger partial charge in [0.05, 0.1) is 6.04 Å². The van der Waals surface area contributed by atoms with Crippen molar-refractivity contribution < 1.29 is 9.21 Å². The Bertz CT molecular complexity index is 849. The molecule has 2 aromatic heterocycles. The van der Waals surface area contributed by atoms with Gasteiger partial charge in [-0.1, -0.05) is 0 Å². The average Bonchev–Trinajstić information content (AvgIpc) is 3.11. The molecule has 1 amide bonds. The molecule has 0 saturated heterocycles. The highest BCUT2D eigenvalue weighted by Crippen LogP contribution is 2.18. The van der Waals surface area contributed by atoms with E-state index in [0.29, 0.717) is 17.0 Å². The molecule has 1 aromatic carbocycles. The first-order valence-electron chi connectivity index (χ1n) is 7.53. The second kappa shape index (κ2) is 5.83. The molecule has 1 N–H and O–H groups in total. The lowest BCUT2D eigenvalue weighted by Crippen LogP contribution is -2.29. The van der Waals surface area contributed by atoms with E-state index in [1.54, 1.807) is 31.5 Å². The van der Waals surface area contributed by atoms with E-state index in [0.717, 1.165) is 11.3 Å². The minimum atomic E-state index is -0.250. The van der Waals surface area contributed by atoms with E-state index >= 15 is 0 Å². The van der Waals surface area contributed by atoms with E-state index in [4.69, 9.17) is 4.42 Å². The Balaban J connectivity index is 1.80. The summed E-state index contributed by atoms with van der Waals surface area (Å²) in [7, 11) is 0. The third kappa shape index (κ3) is 2.94. The van der Waals surface area contributed by atoms with Crippen LogP contribution in [0.25, 0.3) is 11.1 Å². The van der Waals surface area contributed by atoms with Crippen molar-refractivity contribution in [1.29, 1.82) is 0 Å². The maximum absolute atomic E-state index is 12.5. The van der Waals surface area contributed by atoms with Crippen LogP contribution in [-0.2, 0) is 0 Å². The van der Waals surface area contributed by atoms with E-state index in [-0.39, 0.29) is 18.0 Å². The first-order chi connectivity index (χ1) is 11.0. The molecule has 0 fully saturated rings. The Hall–Kier alpha value is -2.70. The van der Waals surface area contributed by atoms with Crippen molar-refractivity contribution in [1.82, 2.24) is 25.1 Å². The molecule has 0 saturated carbocycles. The van der Waals surface area contributed by atoms with Crippen molar-refractivity contribution in [3.05, 3.63) is 41.8 Å². The van der Waals surface area contributed by atoms with Crippen LogP contribution in [0.3, 0.4) is 0 Å². The molecular formula is C16H19N5O2. The van der Waals surface area contributed by atoms with Crippen LogP contribution < -0.4 is 5.32 Å². The largest absolute Gasteiger partial charge is 0.441 e. The second-order valence-electron chi connectivity index (χ2n) is 5.80. The summed E-state index contributed by atoms with van der Waals surface area (Å²) in [6.07, 6.45) is 1.67. The quantitative estimate of drug-likeness (QED) is 0.800. The third-order valence-electron chi connectivity index (χ3n) is 3.65. The summed E-state index contributed by atoms with van der Waals surface area (Å²) in [5.41, 5.74) is 1.87. The number of carbonyl (C=O) groups is 1. The highest BCUT2D eigenvalue weighted by Gasteiger charge is 2.18. The number of fused-ring (bicyclic) bond motifs is 1. The van der Waals surface area contributed by atoms with Crippen LogP contribution in [0.5, 0.6) is 0 Å². The first kappa shape index (κ1) is 15.2. The summed E-state index contributed by atoms with van der Waals surface area (Å²) in [5.74, 6) is 1.12. The van der Waals surface area contributed by atoms with Gasteiger partial charge in [0, 0.05) is 18.5 Å². The van der Waals surface area contributed by atoms with Gasteiger partial charge in [0.2, 0.25) is 0 Å². The fourth-order valence-corrected chi connectivity index (χ4v) is 2.49. The van der Waals surface area contributed by atoms with Gasteiger partial charge in [-0.05, 0) is 39.0 Å². The zero-order valence-electron chi connectivity index (χ0n) is 13.6. The van der Waals surface area contributed by atoms with Crippen LogP contribution in [0.1, 0.15) is 54.9 Å². The third-order valence-corrected chi connectivity index (χ3v) is 3.65. The number of amides is 1. The molecule has 1 atom stereocenters. The molecule has 3 aromatic rings. The van der Waals surface area contributed by atoms with Crippen molar-refractivity contribution in [3.63, 3.8) is 0 Å². The topological polar surface area (TPSA) is 85.8 Å². The van der Waals surface area contributed by atoms with Gasteiger partial charge in [0.15, 0.2) is 17.3 Å². The SMILES string of the molecule is Cc1nc2ccc(C(=O)NC(C)c3nncn3C(C)C)cc2o1. The number of benzene rings is 1. The Morgan fingerprint density at radius 2 is 2.09 bits per heavy atom. The minimum absolute atomic E-state index is 0.188. The van der Waals surface area contributed by atoms with Crippen molar-refractivity contribution in [3.8, 4) is 0 Å². The number of hydrogen-bond donors (Lipinski definition) is 1. The fourth-order valence-electron chi connectivity index (χ4n) is 2.49. The Morgan fingerprint density at radius 3 is 2.83 bits per heavy atom. The van der Waals surface area contributed by atoms with Crippen LogP contribution in [0.2, 0.25) is 0 Å². The Morgan fingerprint density at radius 1 is 1.30 bits per heavy atom. The smallest absolute Gasteiger partial charge is 0.251 e. The summed E-state index contributed by atoms with van der Waals surface area (Å²) < 4.78 is 7.41. The first-order valence-corrected chi connectivity index (χ1v) is 7.53. The Kier molecular flexibility index (Phi) is 3.85. The van der Waals surface area contributed by atoms with Gasteiger partial charge < -0.3 is 14.3 Å². The predicted octanol–water partition coefficient (Wildman–Crippen LogP) is 2.80. The Labute approximate surface area is 133 Å². The van der Waals surface area contributed by atoms with Gasteiger partial charge in [0.25, 0.3) is 5.91 Å². The molecule has 2 heterocycles. The number of carbonyl (C=O) groups excluding carboxylic acids is 1. The van der Waals surface area contributed by atoms with E-state index in [1.165, 1.54) is 0 Å². The number of nitrogens with one attached hydrogen (secondary N) is 1. The van der Waals surface area contributed by atoms with Crippen molar-refractivity contribution in [2.24, 2.45) is 0 Å². The van der Waals surface area contributed by atoms with Crippen LogP contribution in [0.15, 0.2) is 28.9 Å². The van der Waals surface area contributed by atoms with Gasteiger partial charge >= 0.3 is 0 Å². The molecule has 0 aliphatic rings. The summed E-state index contributed by atoms with van der Waals surface area (Å²) >= 11 is 0. The average molecular weight is 313 g/mol. The number of nitrogens with zero attached hydrogens (tertiary/aromatic N) is 4. The molecule has 3 rings (SSSR count). The van der Waals surface area contributed by atoms with E-state index in [1.807, 2.05) is 25.3 Å². The monoisotopic (exact) mass is 313 g/mol. The molecule has 0 spiro atoms. The van der Waals surface area contributed by atoms with Crippen LogP contribution in [-0.4, -0.2) is 25.7 Å². The van der Waals surface area contributed by atoms with Gasteiger partial charge in [-0.15, -0.1) is 10.2 Å². The lowest BCUT2D eigenvalue weighted by Gasteiger charge is -2.16. The van der Waals surface area contributed by atoms with E-state index in [2.05, 4.69) is 20.5 Å². The summed E-state index contributed by atoms with van der Waals surface area (Å²) in [5, 5.41) is 11.0. The van der Waals surface area contributed by atoms with E-state index < -0.39 is 0 Å². The van der Waals surface area contributed by atoms with E-state index in [9.17, 15) is 4.79 Å². The minimum Gasteiger partial charge on any atom is -0.441 e. The lowest BCUT2D eigenvalue weighted by atomic mass is 10.1.